The van der Waals surface area contributed by atoms with E-state index in [1.807, 2.05) is 24.3 Å². The van der Waals surface area contributed by atoms with Crippen molar-refractivity contribution in [1.82, 2.24) is 9.97 Å². The van der Waals surface area contributed by atoms with Gasteiger partial charge in [-0.25, -0.2) is 3.63 Å². The molecule has 0 unspecified atom stereocenters. The Kier molecular flexibility index (Phi) is 4.01. The summed E-state index contributed by atoms with van der Waals surface area (Å²) >= 11 is 2.58. The van der Waals surface area contributed by atoms with Gasteiger partial charge in [-0.3, -0.25) is 9.97 Å². The topological polar surface area (TPSA) is 35.0 Å². The number of rotatable bonds is 4. The van der Waals surface area contributed by atoms with Crippen molar-refractivity contribution in [1.29, 1.82) is 0 Å². The maximum atomic E-state index is 5.36. The van der Waals surface area contributed by atoms with Crippen LogP contribution < -0.4 is 0 Å². The van der Waals surface area contributed by atoms with E-state index in [-0.39, 0.29) is 0 Å². The van der Waals surface area contributed by atoms with Crippen molar-refractivity contribution >= 4 is 24.1 Å². The van der Waals surface area contributed by atoms with E-state index in [9.17, 15) is 0 Å². The lowest BCUT2D eigenvalue weighted by molar-refractivity contribution is 0.755. The Morgan fingerprint density at radius 3 is 1.80 bits per heavy atom. The Balaban J connectivity index is 1.81. The lowest BCUT2D eigenvalue weighted by Gasteiger charge is -1.99. The van der Waals surface area contributed by atoms with Crippen LogP contribution in [-0.2, 0) is 3.63 Å². The summed E-state index contributed by atoms with van der Waals surface area (Å²) in [5, 5.41) is 0. The van der Waals surface area contributed by atoms with E-state index < -0.39 is 0 Å². The van der Waals surface area contributed by atoms with Crippen LogP contribution in [0.5, 0.6) is 0 Å². The molecule has 0 saturated carbocycles. The molecule has 2 rings (SSSR count). The SMILES string of the molecule is c1cncc(SOSc2cccnc2)c1. The summed E-state index contributed by atoms with van der Waals surface area (Å²) in [6, 6.07) is 7.64. The van der Waals surface area contributed by atoms with Crippen molar-refractivity contribution in [3.8, 4) is 0 Å². The van der Waals surface area contributed by atoms with Crippen LogP contribution in [0.1, 0.15) is 0 Å². The first kappa shape index (κ1) is 10.5. The van der Waals surface area contributed by atoms with Gasteiger partial charge in [0.2, 0.25) is 0 Å². The largest absolute Gasteiger partial charge is 0.263 e. The number of pyridine rings is 2. The van der Waals surface area contributed by atoms with Crippen molar-refractivity contribution in [3.63, 3.8) is 0 Å². The molecule has 0 N–H and O–H groups in total. The molecule has 3 nitrogen and oxygen atoms in total. The molecule has 76 valence electrons. The minimum atomic E-state index is 0.980. The zero-order valence-corrected chi connectivity index (χ0v) is 9.37. The zero-order chi connectivity index (χ0) is 10.3. The van der Waals surface area contributed by atoms with Gasteiger partial charge in [0, 0.05) is 48.9 Å². The fourth-order valence-electron chi connectivity index (χ4n) is 0.888. The van der Waals surface area contributed by atoms with Crippen molar-refractivity contribution in [2.45, 2.75) is 9.79 Å². The quantitative estimate of drug-likeness (QED) is 0.762. The highest BCUT2D eigenvalue weighted by molar-refractivity contribution is 8.07. The number of hydrogen-bond acceptors (Lipinski definition) is 5. The first-order valence-electron chi connectivity index (χ1n) is 4.26. The predicted octanol–water partition coefficient (Wildman–Crippen LogP) is 3.21. The van der Waals surface area contributed by atoms with E-state index in [1.165, 1.54) is 24.1 Å². The molecule has 0 aliphatic heterocycles. The maximum Gasteiger partial charge on any atom is 0.0549 e. The summed E-state index contributed by atoms with van der Waals surface area (Å²) < 4.78 is 5.36. The lowest BCUT2D eigenvalue weighted by Crippen LogP contribution is -1.75. The molecule has 0 aliphatic rings. The van der Waals surface area contributed by atoms with E-state index in [0.717, 1.165) is 9.79 Å². The standard InChI is InChI=1S/C10H8N2OS2/c1-3-9(7-11-5-1)14-13-15-10-4-2-6-12-8-10/h1-8H. The average molecular weight is 236 g/mol. The van der Waals surface area contributed by atoms with Crippen LogP contribution in [0, 0.1) is 0 Å². The van der Waals surface area contributed by atoms with E-state index in [1.54, 1.807) is 24.8 Å². The highest BCUT2D eigenvalue weighted by Gasteiger charge is 1.96. The van der Waals surface area contributed by atoms with Gasteiger partial charge < -0.3 is 0 Å². The molecule has 0 fully saturated rings. The summed E-state index contributed by atoms with van der Waals surface area (Å²) in [4.78, 5) is 9.94. The van der Waals surface area contributed by atoms with Crippen LogP contribution in [0.4, 0.5) is 0 Å². The molecule has 2 aromatic heterocycles. The molecule has 0 aromatic carbocycles. The van der Waals surface area contributed by atoms with Gasteiger partial charge in [0.15, 0.2) is 0 Å². The fraction of sp³-hybridized carbons (Fsp3) is 0. The molecule has 0 radical (unpaired) electrons. The van der Waals surface area contributed by atoms with E-state index in [2.05, 4.69) is 9.97 Å². The average Bonchev–Trinajstić information content (AvgIpc) is 2.32. The van der Waals surface area contributed by atoms with Crippen LogP contribution in [0.25, 0.3) is 0 Å². The Bertz CT molecular complexity index is 357. The van der Waals surface area contributed by atoms with E-state index >= 15 is 0 Å². The summed E-state index contributed by atoms with van der Waals surface area (Å²) in [6.45, 7) is 0. The summed E-state index contributed by atoms with van der Waals surface area (Å²) in [7, 11) is 0. The molecule has 0 amide bonds. The van der Waals surface area contributed by atoms with Gasteiger partial charge in [-0.1, -0.05) is 0 Å². The maximum absolute atomic E-state index is 5.36. The van der Waals surface area contributed by atoms with Crippen molar-refractivity contribution in [2.75, 3.05) is 0 Å². The number of nitrogens with zero attached hydrogens (tertiary/aromatic N) is 2. The smallest absolute Gasteiger partial charge is 0.0549 e. The van der Waals surface area contributed by atoms with E-state index in [0.29, 0.717) is 0 Å². The van der Waals surface area contributed by atoms with Crippen LogP contribution in [-0.4, -0.2) is 9.97 Å². The normalized spacial score (nSPS) is 10.1. The molecule has 0 aliphatic carbocycles. The minimum absolute atomic E-state index is 0.980. The van der Waals surface area contributed by atoms with Crippen LogP contribution in [0.15, 0.2) is 58.8 Å². The molecular formula is C10H8N2OS2. The monoisotopic (exact) mass is 236 g/mol. The van der Waals surface area contributed by atoms with Gasteiger partial charge in [-0.2, -0.15) is 0 Å². The second kappa shape index (κ2) is 5.75. The highest BCUT2D eigenvalue weighted by atomic mass is 32.2. The Labute approximate surface area is 96.7 Å². The minimum Gasteiger partial charge on any atom is -0.263 e. The molecule has 0 bridgehead atoms. The highest BCUT2D eigenvalue weighted by Crippen LogP contribution is 2.28. The third-order valence-electron chi connectivity index (χ3n) is 1.53. The Morgan fingerprint density at radius 1 is 0.867 bits per heavy atom. The fourth-order valence-corrected chi connectivity index (χ4v) is 2.13. The second-order valence-electron chi connectivity index (χ2n) is 2.61. The first-order chi connectivity index (χ1) is 7.45. The predicted molar refractivity (Wildman–Crippen MR) is 61.3 cm³/mol. The molecule has 2 aromatic rings. The van der Waals surface area contributed by atoms with Gasteiger partial charge in [0.1, 0.15) is 0 Å². The third kappa shape index (κ3) is 3.54. The summed E-state index contributed by atoms with van der Waals surface area (Å²) in [5.41, 5.74) is 0. The summed E-state index contributed by atoms with van der Waals surface area (Å²) in [5.74, 6) is 0. The van der Waals surface area contributed by atoms with E-state index in [4.69, 9.17) is 3.63 Å². The second-order valence-corrected chi connectivity index (χ2v) is 4.43. The first-order valence-corrected chi connectivity index (χ1v) is 5.75. The molecule has 0 atom stereocenters. The van der Waals surface area contributed by atoms with Gasteiger partial charge >= 0.3 is 0 Å². The number of aromatic nitrogens is 2. The molecular weight excluding hydrogens is 228 g/mol. The molecule has 15 heavy (non-hydrogen) atoms. The summed E-state index contributed by atoms with van der Waals surface area (Å²) in [6.07, 6.45) is 6.99. The van der Waals surface area contributed by atoms with Gasteiger partial charge in [0.25, 0.3) is 0 Å². The van der Waals surface area contributed by atoms with Gasteiger partial charge in [0.05, 0.1) is 9.79 Å². The molecule has 2 heterocycles. The van der Waals surface area contributed by atoms with Crippen LogP contribution >= 0.6 is 24.1 Å². The van der Waals surface area contributed by atoms with Crippen LogP contribution in [0.3, 0.4) is 0 Å². The molecule has 5 heteroatoms. The van der Waals surface area contributed by atoms with Gasteiger partial charge in [-0.05, 0) is 24.3 Å². The van der Waals surface area contributed by atoms with Crippen LogP contribution in [0.2, 0.25) is 0 Å². The Morgan fingerprint density at radius 2 is 1.40 bits per heavy atom. The third-order valence-corrected chi connectivity index (χ3v) is 2.94. The Hall–Kier alpha value is -1.04. The molecule has 0 spiro atoms. The van der Waals surface area contributed by atoms with Crippen molar-refractivity contribution in [3.05, 3.63) is 49.1 Å². The number of hydrogen-bond donors (Lipinski definition) is 0. The van der Waals surface area contributed by atoms with Crippen molar-refractivity contribution < 1.29 is 3.63 Å². The van der Waals surface area contributed by atoms with Gasteiger partial charge in [-0.15, -0.1) is 0 Å². The van der Waals surface area contributed by atoms with Crippen molar-refractivity contribution in [2.24, 2.45) is 0 Å². The molecule has 0 saturated heterocycles. The zero-order valence-electron chi connectivity index (χ0n) is 7.74. The lowest BCUT2D eigenvalue weighted by atomic mass is 10.5.